The van der Waals surface area contributed by atoms with E-state index in [9.17, 15) is 20.1 Å². The third kappa shape index (κ3) is 4.00. The Bertz CT molecular complexity index is 746. The van der Waals surface area contributed by atoms with Gasteiger partial charge in [0.2, 0.25) is 5.91 Å². The summed E-state index contributed by atoms with van der Waals surface area (Å²) in [6, 6.07) is 7.68. The number of rotatable bonds is 4. The Labute approximate surface area is 133 Å². The highest BCUT2D eigenvalue weighted by Crippen LogP contribution is 2.25. The van der Waals surface area contributed by atoms with E-state index < -0.39 is 0 Å². The van der Waals surface area contributed by atoms with Crippen LogP contribution in [-0.4, -0.2) is 27.4 Å². The number of benzene rings is 2. The number of nitrogens with zero attached hydrogens (tertiary/aromatic N) is 1. The van der Waals surface area contributed by atoms with E-state index in [4.69, 9.17) is 0 Å². The van der Waals surface area contributed by atoms with Gasteiger partial charge in [-0.2, -0.15) is 5.10 Å². The lowest BCUT2D eigenvalue weighted by molar-refractivity contribution is -0.120. The van der Waals surface area contributed by atoms with E-state index in [2.05, 4.69) is 10.5 Å². The van der Waals surface area contributed by atoms with Crippen LogP contribution in [-0.2, 0) is 11.2 Å². The molecule has 0 aromatic heterocycles. The number of carbonyl (C=O) groups is 1. The molecule has 0 fully saturated rings. The number of aryl methyl sites for hydroxylation is 1. The first-order valence-corrected chi connectivity index (χ1v) is 7.00. The van der Waals surface area contributed by atoms with Gasteiger partial charge in [-0.25, -0.2) is 5.43 Å². The molecule has 23 heavy (non-hydrogen) atoms. The Balaban J connectivity index is 2.03. The van der Waals surface area contributed by atoms with Gasteiger partial charge in [0.25, 0.3) is 0 Å². The molecule has 0 radical (unpaired) electrons. The zero-order valence-electron chi connectivity index (χ0n) is 12.9. The van der Waals surface area contributed by atoms with Crippen molar-refractivity contribution in [1.29, 1.82) is 0 Å². The lowest BCUT2D eigenvalue weighted by Crippen LogP contribution is -2.20. The van der Waals surface area contributed by atoms with Gasteiger partial charge in [-0.05, 0) is 42.7 Å². The van der Waals surface area contributed by atoms with Gasteiger partial charge in [0, 0.05) is 11.6 Å². The zero-order chi connectivity index (χ0) is 17.0. The first-order chi connectivity index (χ1) is 10.9. The summed E-state index contributed by atoms with van der Waals surface area (Å²) in [5, 5.41) is 32.5. The van der Waals surface area contributed by atoms with Crippen LogP contribution < -0.4 is 5.43 Å². The number of phenolic OH excluding ortho intramolecular Hbond substituents is 3. The minimum Gasteiger partial charge on any atom is -0.508 e. The second-order valence-electron chi connectivity index (χ2n) is 5.23. The fourth-order valence-corrected chi connectivity index (χ4v) is 2.17. The van der Waals surface area contributed by atoms with Gasteiger partial charge in [-0.1, -0.05) is 12.1 Å². The molecule has 0 aliphatic heterocycles. The van der Waals surface area contributed by atoms with E-state index in [-0.39, 0.29) is 29.6 Å². The molecule has 0 unspecified atom stereocenters. The van der Waals surface area contributed by atoms with Crippen LogP contribution in [0.25, 0.3) is 0 Å². The van der Waals surface area contributed by atoms with Crippen molar-refractivity contribution in [3.8, 4) is 17.2 Å². The van der Waals surface area contributed by atoms with Crippen LogP contribution in [0.1, 0.15) is 22.3 Å². The Morgan fingerprint density at radius 2 is 1.91 bits per heavy atom. The van der Waals surface area contributed by atoms with Crippen molar-refractivity contribution in [1.82, 2.24) is 5.43 Å². The van der Waals surface area contributed by atoms with Crippen molar-refractivity contribution in [2.24, 2.45) is 5.10 Å². The van der Waals surface area contributed by atoms with Crippen LogP contribution >= 0.6 is 0 Å². The molecular weight excluding hydrogens is 296 g/mol. The molecule has 2 aromatic carbocycles. The summed E-state index contributed by atoms with van der Waals surface area (Å²) in [6.45, 7) is 3.44. The lowest BCUT2D eigenvalue weighted by atomic mass is 10.0. The number of amides is 1. The molecule has 120 valence electrons. The normalized spacial score (nSPS) is 10.9. The van der Waals surface area contributed by atoms with Crippen molar-refractivity contribution in [3.63, 3.8) is 0 Å². The van der Waals surface area contributed by atoms with Crippen molar-refractivity contribution in [2.75, 3.05) is 0 Å². The standard InChI is InChI=1S/C17H18N2O4/c1-10-6-13(20)8-16(22)14(10)9-18-19-17(23)7-12-4-3-5-15(21)11(12)2/h3-6,8-9,20-22H,7H2,1-2H3,(H,19,23)/b18-9+. The second-order valence-corrected chi connectivity index (χ2v) is 5.23. The van der Waals surface area contributed by atoms with E-state index >= 15 is 0 Å². The number of carbonyl (C=O) groups excluding carboxylic acids is 1. The Hall–Kier alpha value is -3.02. The largest absolute Gasteiger partial charge is 0.508 e. The molecule has 0 atom stereocenters. The summed E-state index contributed by atoms with van der Waals surface area (Å²) < 4.78 is 0. The van der Waals surface area contributed by atoms with Gasteiger partial charge in [0.15, 0.2) is 0 Å². The highest BCUT2D eigenvalue weighted by molar-refractivity contribution is 5.87. The van der Waals surface area contributed by atoms with Gasteiger partial charge >= 0.3 is 0 Å². The van der Waals surface area contributed by atoms with Gasteiger partial charge in [0.1, 0.15) is 17.2 Å². The van der Waals surface area contributed by atoms with Crippen molar-refractivity contribution >= 4 is 12.1 Å². The number of hydrogen-bond donors (Lipinski definition) is 4. The molecule has 2 rings (SSSR count). The molecule has 4 N–H and O–H groups in total. The van der Waals surface area contributed by atoms with Gasteiger partial charge in [0.05, 0.1) is 12.6 Å². The van der Waals surface area contributed by atoms with Crippen LogP contribution in [0, 0.1) is 13.8 Å². The molecule has 0 aliphatic carbocycles. The van der Waals surface area contributed by atoms with Crippen LogP contribution in [0.15, 0.2) is 35.4 Å². The quantitative estimate of drug-likeness (QED) is 0.513. The summed E-state index contributed by atoms with van der Waals surface area (Å²) in [6.07, 6.45) is 1.40. The summed E-state index contributed by atoms with van der Waals surface area (Å²) in [4.78, 5) is 11.9. The molecule has 6 nitrogen and oxygen atoms in total. The summed E-state index contributed by atoms with van der Waals surface area (Å²) in [5.41, 5.74) is 4.77. The van der Waals surface area contributed by atoms with Gasteiger partial charge < -0.3 is 15.3 Å². The number of aromatic hydroxyl groups is 3. The minimum absolute atomic E-state index is 0.0412. The van der Waals surface area contributed by atoms with E-state index in [0.717, 1.165) is 0 Å². The maximum absolute atomic E-state index is 11.9. The third-order valence-corrected chi connectivity index (χ3v) is 3.50. The van der Waals surface area contributed by atoms with Crippen LogP contribution in [0.4, 0.5) is 0 Å². The average molecular weight is 314 g/mol. The summed E-state index contributed by atoms with van der Waals surface area (Å²) >= 11 is 0. The maximum atomic E-state index is 11.9. The predicted octanol–water partition coefficient (Wildman–Crippen LogP) is 2.11. The smallest absolute Gasteiger partial charge is 0.244 e. The Kier molecular flexibility index (Phi) is 4.85. The number of hydrogen-bond acceptors (Lipinski definition) is 5. The highest BCUT2D eigenvalue weighted by Gasteiger charge is 2.08. The predicted molar refractivity (Wildman–Crippen MR) is 86.8 cm³/mol. The van der Waals surface area contributed by atoms with E-state index in [1.165, 1.54) is 18.3 Å². The molecule has 0 aliphatic rings. The molecular formula is C17H18N2O4. The highest BCUT2D eigenvalue weighted by atomic mass is 16.3. The van der Waals surface area contributed by atoms with Crippen molar-refractivity contribution in [2.45, 2.75) is 20.3 Å². The molecule has 0 bridgehead atoms. The molecule has 0 spiro atoms. The SMILES string of the molecule is Cc1cc(O)cc(O)c1/C=N/NC(=O)Cc1cccc(O)c1C. The third-order valence-electron chi connectivity index (χ3n) is 3.50. The summed E-state index contributed by atoms with van der Waals surface area (Å²) in [7, 11) is 0. The van der Waals surface area contributed by atoms with Crippen LogP contribution in [0.2, 0.25) is 0 Å². The van der Waals surface area contributed by atoms with Crippen molar-refractivity contribution in [3.05, 3.63) is 52.6 Å². The molecule has 6 heteroatoms. The number of phenols is 3. The van der Waals surface area contributed by atoms with E-state index in [1.54, 1.807) is 32.0 Å². The van der Waals surface area contributed by atoms with Crippen LogP contribution in [0.5, 0.6) is 17.2 Å². The Morgan fingerprint density at radius 3 is 2.61 bits per heavy atom. The molecule has 0 heterocycles. The second kappa shape index (κ2) is 6.83. The van der Waals surface area contributed by atoms with E-state index in [1.807, 2.05) is 0 Å². The lowest BCUT2D eigenvalue weighted by Gasteiger charge is -2.07. The Morgan fingerprint density at radius 1 is 1.17 bits per heavy atom. The molecule has 1 amide bonds. The zero-order valence-corrected chi connectivity index (χ0v) is 12.9. The van der Waals surface area contributed by atoms with Crippen LogP contribution in [0.3, 0.4) is 0 Å². The van der Waals surface area contributed by atoms with Gasteiger partial charge in [-0.3, -0.25) is 4.79 Å². The monoisotopic (exact) mass is 314 g/mol. The molecule has 2 aromatic rings. The van der Waals surface area contributed by atoms with Gasteiger partial charge in [-0.15, -0.1) is 0 Å². The summed E-state index contributed by atoms with van der Waals surface area (Å²) in [5.74, 6) is -0.362. The van der Waals surface area contributed by atoms with E-state index in [0.29, 0.717) is 22.3 Å². The fraction of sp³-hybridized carbons (Fsp3) is 0.176. The average Bonchev–Trinajstić information content (AvgIpc) is 2.46. The molecule has 0 saturated carbocycles. The first kappa shape index (κ1) is 16.4. The number of hydrazone groups is 1. The maximum Gasteiger partial charge on any atom is 0.244 e. The van der Waals surface area contributed by atoms with Crippen molar-refractivity contribution < 1.29 is 20.1 Å². The minimum atomic E-state index is -0.342. The first-order valence-electron chi connectivity index (χ1n) is 7.00. The molecule has 0 saturated heterocycles. The topological polar surface area (TPSA) is 102 Å². The fourth-order valence-electron chi connectivity index (χ4n) is 2.17. The number of nitrogens with one attached hydrogen (secondary N) is 1.